The zero-order chi connectivity index (χ0) is 13.6. The van der Waals surface area contributed by atoms with E-state index in [9.17, 15) is 13.2 Å². The van der Waals surface area contributed by atoms with Gasteiger partial charge in [-0.05, 0) is 17.7 Å². The zero-order valence-corrected chi connectivity index (χ0v) is 11.2. The Morgan fingerprint density at radius 3 is 2.68 bits per heavy atom. The number of aromatic nitrogens is 1. The van der Waals surface area contributed by atoms with Crippen LogP contribution in [0.2, 0.25) is 0 Å². The molecule has 5 nitrogen and oxygen atoms in total. The SMILES string of the molecule is O=C1CC(c2ccnc3ccccc23)N1S(=O)(=O)Cl. The van der Waals surface area contributed by atoms with Crippen molar-refractivity contribution >= 4 is 36.7 Å². The van der Waals surface area contributed by atoms with E-state index in [0.717, 1.165) is 20.8 Å². The molecule has 1 aromatic carbocycles. The first-order chi connectivity index (χ1) is 8.98. The molecular formula is C12H9ClN2O3S. The lowest BCUT2D eigenvalue weighted by molar-refractivity contribution is -0.137. The Balaban J connectivity index is 2.14. The molecule has 1 amide bonds. The summed E-state index contributed by atoms with van der Waals surface area (Å²) in [5.41, 5.74) is 1.50. The number of halogens is 1. The van der Waals surface area contributed by atoms with Gasteiger partial charge in [-0.25, -0.2) is 4.31 Å². The molecule has 0 saturated carbocycles. The third-order valence-corrected chi connectivity index (χ3v) is 4.55. The summed E-state index contributed by atoms with van der Waals surface area (Å²) < 4.78 is 23.5. The molecule has 0 aliphatic carbocycles. The second kappa shape index (κ2) is 4.18. The van der Waals surface area contributed by atoms with Gasteiger partial charge in [-0.2, -0.15) is 8.42 Å². The highest BCUT2D eigenvalue weighted by molar-refractivity contribution is 8.12. The van der Waals surface area contributed by atoms with E-state index in [0.29, 0.717) is 0 Å². The molecule has 1 saturated heterocycles. The van der Waals surface area contributed by atoms with Crippen molar-refractivity contribution in [2.45, 2.75) is 12.5 Å². The molecule has 1 aliphatic rings. The van der Waals surface area contributed by atoms with Crippen LogP contribution >= 0.6 is 10.7 Å². The fourth-order valence-corrected chi connectivity index (χ4v) is 3.65. The molecule has 19 heavy (non-hydrogen) atoms. The molecule has 3 rings (SSSR count). The molecule has 0 spiro atoms. The highest BCUT2D eigenvalue weighted by Crippen LogP contribution is 2.40. The van der Waals surface area contributed by atoms with Crippen LogP contribution in [0.1, 0.15) is 18.0 Å². The van der Waals surface area contributed by atoms with E-state index in [-0.39, 0.29) is 6.42 Å². The van der Waals surface area contributed by atoms with Crippen LogP contribution in [0.25, 0.3) is 10.9 Å². The van der Waals surface area contributed by atoms with E-state index < -0.39 is 21.2 Å². The number of hydrogen-bond acceptors (Lipinski definition) is 4. The largest absolute Gasteiger partial charge is 0.324 e. The summed E-state index contributed by atoms with van der Waals surface area (Å²) in [5.74, 6) is -0.485. The van der Waals surface area contributed by atoms with Crippen LogP contribution in [0.5, 0.6) is 0 Å². The van der Waals surface area contributed by atoms with Gasteiger partial charge in [-0.1, -0.05) is 18.2 Å². The van der Waals surface area contributed by atoms with Crippen LogP contribution in [0.4, 0.5) is 0 Å². The summed E-state index contributed by atoms with van der Waals surface area (Å²) in [6.45, 7) is 0. The fourth-order valence-electron chi connectivity index (χ4n) is 2.32. The number of rotatable bonds is 2. The summed E-state index contributed by atoms with van der Waals surface area (Å²) in [6.07, 6.45) is 1.74. The van der Waals surface area contributed by atoms with Gasteiger partial charge in [0.15, 0.2) is 0 Å². The first kappa shape index (κ1) is 12.4. The third kappa shape index (κ3) is 1.97. The Kier molecular flexibility index (Phi) is 2.72. The third-order valence-electron chi connectivity index (χ3n) is 3.17. The number of pyridine rings is 1. The standard InChI is InChI=1S/C12H9ClN2O3S/c13-19(17,18)15-11(7-12(15)16)9-5-6-14-10-4-2-1-3-8(9)10/h1-6,11H,7H2. The van der Waals surface area contributed by atoms with E-state index in [2.05, 4.69) is 4.98 Å². The van der Waals surface area contributed by atoms with Gasteiger partial charge in [0.05, 0.1) is 18.0 Å². The van der Waals surface area contributed by atoms with Gasteiger partial charge >= 0.3 is 9.24 Å². The van der Waals surface area contributed by atoms with Crippen molar-refractivity contribution < 1.29 is 13.2 Å². The maximum atomic E-state index is 11.4. The fraction of sp³-hybridized carbons (Fsp3) is 0.167. The lowest BCUT2D eigenvalue weighted by atomic mass is 9.94. The Labute approximate surface area is 114 Å². The summed E-state index contributed by atoms with van der Waals surface area (Å²) in [7, 11) is 1.24. The molecule has 1 atom stereocenters. The van der Waals surface area contributed by atoms with E-state index in [1.165, 1.54) is 0 Å². The van der Waals surface area contributed by atoms with Crippen molar-refractivity contribution in [1.82, 2.24) is 9.29 Å². The van der Waals surface area contributed by atoms with Crippen molar-refractivity contribution in [1.29, 1.82) is 0 Å². The number of nitrogens with zero attached hydrogens (tertiary/aromatic N) is 2. The molecule has 1 unspecified atom stereocenters. The van der Waals surface area contributed by atoms with E-state index in [4.69, 9.17) is 10.7 Å². The van der Waals surface area contributed by atoms with Crippen LogP contribution in [-0.2, 0) is 14.0 Å². The molecule has 7 heteroatoms. The van der Waals surface area contributed by atoms with Crippen molar-refractivity contribution in [2.24, 2.45) is 0 Å². The Hall–Kier alpha value is -1.66. The predicted octanol–water partition coefficient (Wildman–Crippen LogP) is 1.99. The van der Waals surface area contributed by atoms with Crippen molar-refractivity contribution in [3.05, 3.63) is 42.1 Å². The smallest absolute Gasteiger partial charge is 0.274 e. The normalized spacial score (nSPS) is 19.5. The molecule has 1 fully saturated rings. The quantitative estimate of drug-likeness (QED) is 0.628. The first-order valence-corrected chi connectivity index (χ1v) is 7.85. The molecule has 1 aromatic heterocycles. The highest BCUT2D eigenvalue weighted by Gasteiger charge is 2.45. The Morgan fingerprint density at radius 1 is 1.26 bits per heavy atom. The minimum atomic E-state index is -4.05. The maximum Gasteiger partial charge on any atom is 0.324 e. The van der Waals surface area contributed by atoms with Crippen molar-refractivity contribution in [2.75, 3.05) is 0 Å². The average molecular weight is 297 g/mol. The topological polar surface area (TPSA) is 67.3 Å². The van der Waals surface area contributed by atoms with Gasteiger partial charge in [-0.3, -0.25) is 9.78 Å². The number of amides is 1. The molecule has 1 aliphatic heterocycles. The van der Waals surface area contributed by atoms with Gasteiger partial charge in [0.1, 0.15) is 0 Å². The summed E-state index contributed by atoms with van der Waals surface area (Å²) in [5, 5.41) is 0.827. The molecule has 0 N–H and O–H groups in total. The van der Waals surface area contributed by atoms with E-state index in [1.807, 2.05) is 24.3 Å². The van der Waals surface area contributed by atoms with Gasteiger partial charge in [0, 0.05) is 22.3 Å². The van der Waals surface area contributed by atoms with Gasteiger partial charge in [0.25, 0.3) is 0 Å². The molecule has 0 bridgehead atoms. The molecule has 2 aromatic rings. The van der Waals surface area contributed by atoms with Crippen LogP contribution in [0.15, 0.2) is 36.5 Å². The zero-order valence-electron chi connectivity index (χ0n) is 9.65. The van der Waals surface area contributed by atoms with Crippen LogP contribution in [-0.4, -0.2) is 23.6 Å². The minimum Gasteiger partial charge on any atom is -0.274 e. The number of para-hydroxylation sites is 1. The summed E-state index contributed by atoms with van der Waals surface area (Å²) >= 11 is 0. The number of carbonyl (C=O) groups is 1. The minimum absolute atomic E-state index is 0.139. The van der Waals surface area contributed by atoms with Gasteiger partial charge in [-0.15, -0.1) is 0 Å². The monoisotopic (exact) mass is 296 g/mol. The number of fused-ring (bicyclic) bond motifs is 1. The first-order valence-electron chi connectivity index (χ1n) is 5.59. The second-order valence-electron chi connectivity index (χ2n) is 4.27. The summed E-state index contributed by atoms with van der Waals surface area (Å²) in [4.78, 5) is 15.6. The van der Waals surface area contributed by atoms with Crippen molar-refractivity contribution in [3.63, 3.8) is 0 Å². The lowest BCUT2D eigenvalue weighted by Gasteiger charge is -2.37. The van der Waals surface area contributed by atoms with Gasteiger partial charge in [0.2, 0.25) is 5.91 Å². The number of benzene rings is 1. The number of hydrogen-bond donors (Lipinski definition) is 0. The lowest BCUT2D eigenvalue weighted by Crippen LogP contribution is -2.48. The van der Waals surface area contributed by atoms with Crippen LogP contribution in [0, 0.1) is 0 Å². The predicted molar refractivity (Wildman–Crippen MR) is 70.7 cm³/mol. The molecule has 98 valence electrons. The van der Waals surface area contributed by atoms with E-state index >= 15 is 0 Å². The maximum absolute atomic E-state index is 11.4. The molecule has 2 heterocycles. The number of carbonyl (C=O) groups excluding carboxylic acids is 1. The summed E-state index contributed by atoms with van der Waals surface area (Å²) in [6, 6.07) is 8.55. The van der Waals surface area contributed by atoms with Crippen molar-refractivity contribution in [3.8, 4) is 0 Å². The Bertz CT molecular complexity index is 770. The number of β-lactam (4-membered cyclic amide) rings is 1. The average Bonchev–Trinajstić information content (AvgIpc) is 2.33. The van der Waals surface area contributed by atoms with Crippen LogP contribution in [0.3, 0.4) is 0 Å². The molecular weight excluding hydrogens is 288 g/mol. The van der Waals surface area contributed by atoms with Gasteiger partial charge < -0.3 is 0 Å². The molecule has 0 radical (unpaired) electrons. The highest BCUT2D eigenvalue weighted by atomic mass is 35.7. The van der Waals surface area contributed by atoms with Crippen LogP contribution < -0.4 is 0 Å². The Morgan fingerprint density at radius 2 is 2.00 bits per heavy atom. The van der Waals surface area contributed by atoms with E-state index in [1.54, 1.807) is 12.3 Å². The second-order valence-corrected chi connectivity index (χ2v) is 6.66.